The number of halogens is 1. The lowest BCUT2D eigenvalue weighted by Crippen LogP contribution is -2.36. The maximum Gasteiger partial charge on any atom is 0.321 e. The highest BCUT2D eigenvalue weighted by molar-refractivity contribution is 5.90. The number of urea groups is 1. The first-order valence-corrected chi connectivity index (χ1v) is 10.1. The third-order valence-electron chi connectivity index (χ3n) is 5.44. The summed E-state index contributed by atoms with van der Waals surface area (Å²) < 4.78 is 25.7. The smallest absolute Gasteiger partial charge is 0.321 e. The predicted octanol–water partition coefficient (Wildman–Crippen LogP) is 3.49. The van der Waals surface area contributed by atoms with E-state index < -0.39 is 5.82 Å². The van der Waals surface area contributed by atoms with Gasteiger partial charge in [0.25, 0.3) is 0 Å². The van der Waals surface area contributed by atoms with E-state index in [0.717, 1.165) is 44.8 Å². The summed E-state index contributed by atoms with van der Waals surface area (Å²) in [4.78, 5) is 25.1. The summed E-state index contributed by atoms with van der Waals surface area (Å²) in [5, 5.41) is 2.84. The van der Waals surface area contributed by atoms with Crippen LogP contribution in [-0.2, 0) is 4.74 Å². The van der Waals surface area contributed by atoms with Crippen LogP contribution in [0.1, 0.15) is 12.8 Å². The van der Waals surface area contributed by atoms with Crippen LogP contribution in [0.15, 0.2) is 34.9 Å². The largest absolute Gasteiger partial charge is 0.436 e. The molecule has 8 nitrogen and oxygen atoms in total. The van der Waals surface area contributed by atoms with Crippen LogP contribution in [0.2, 0.25) is 0 Å². The van der Waals surface area contributed by atoms with E-state index in [2.05, 4.69) is 20.2 Å². The van der Waals surface area contributed by atoms with Gasteiger partial charge in [0.05, 0.1) is 25.0 Å². The second kappa shape index (κ2) is 7.91. The van der Waals surface area contributed by atoms with Crippen molar-refractivity contribution >= 4 is 28.8 Å². The lowest BCUT2D eigenvalue weighted by molar-refractivity contribution is 0.122. The van der Waals surface area contributed by atoms with Gasteiger partial charge in [0.15, 0.2) is 0 Å². The molecule has 2 aliphatic rings. The van der Waals surface area contributed by atoms with Gasteiger partial charge >= 0.3 is 6.03 Å². The molecule has 30 heavy (non-hydrogen) atoms. The van der Waals surface area contributed by atoms with Crippen LogP contribution in [0.3, 0.4) is 0 Å². The standard InChI is InChI=1S/C21H22FN5O3/c22-16-4-3-14(24-21(28)27-5-1-2-6-27)11-15(16)18-12-17-20(30-18)23-13-19(25-17)26-7-9-29-10-8-26/h3-4,11-13H,1-2,5-10H2,(H,24,28). The fourth-order valence-electron chi connectivity index (χ4n) is 3.81. The Labute approximate surface area is 172 Å². The van der Waals surface area contributed by atoms with E-state index in [-0.39, 0.29) is 11.6 Å². The average molecular weight is 411 g/mol. The van der Waals surface area contributed by atoms with Gasteiger partial charge in [-0.2, -0.15) is 0 Å². The van der Waals surface area contributed by atoms with Crippen molar-refractivity contribution < 1.29 is 18.3 Å². The number of rotatable bonds is 3. The van der Waals surface area contributed by atoms with Crippen molar-refractivity contribution in [1.29, 1.82) is 0 Å². The number of nitrogens with zero attached hydrogens (tertiary/aromatic N) is 4. The number of hydrogen-bond acceptors (Lipinski definition) is 6. The lowest BCUT2D eigenvalue weighted by Gasteiger charge is -2.27. The number of benzene rings is 1. The first-order chi connectivity index (χ1) is 14.7. The number of nitrogens with one attached hydrogen (secondary N) is 1. The van der Waals surface area contributed by atoms with E-state index in [4.69, 9.17) is 9.15 Å². The number of furan rings is 1. The maximum absolute atomic E-state index is 14.5. The van der Waals surface area contributed by atoms with Gasteiger partial charge in [-0.3, -0.25) is 0 Å². The third kappa shape index (κ3) is 3.68. The number of hydrogen-bond donors (Lipinski definition) is 1. The second-order valence-electron chi connectivity index (χ2n) is 7.45. The van der Waals surface area contributed by atoms with E-state index in [9.17, 15) is 9.18 Å². The number of carbonyl (C=O) groups excluding carboxylic acids is 1. The van der Waals surface area contributed by atoms with Crippen LogP contribution in [0.5, 0.6) is 0 Å². The van der Waals surface area contributed by atoms with Gasteiger partial charge in [0, 0.05) is 37.9 Å². The molecule has 4 heterocycles. The van der Waals surface area contributed by atoms with Gasteiger partial charge in [0.1, 0.15) is 22.9 Å². The number of aromatic nitrogens is 2. The molecule has 5 rings (SSSR count). The lowest BCUT2D eigenvalue weighted by atomic mass is 10.1. The Hall–Kier alpha value is -3.20. The first kappa shape index (κ1) is 18.8. The molecule has 0 aliphatic carbocycles. The number of carbonyl (C=O) groups is 1. The van der Waals surface area contributed by atoms with E-state index in [1.54, 1.807) is 29.3 Å². The highest BCUT2D eigenvalue weighted by Crippen LogP contribution is 2.31. The Morgan fingerprint density at radius 2 is 1.90 bits per heavy atom. The summed E-state index contributed by atoms with van der Waals surface area (Å²) >= 11 is 0. The summed E-state index contributed by atoms with van der Waals surface area (Å²) in [5.41, 5.74) is 1.66. The molecule has 2 aliphatic heterocycles. The number of likely N-dealkylation sites (tertiary alicyclic amines) is 1. The zero-order valence-electron chi connectivity index (χ0n) is 16.4. The van der Waals surface area contributed by atoms with Crippen molar-refractivity contribution in [1.82, 2.24) is 14.9 Å². The van der Waals surface area contributed by atoms with Crippen LogP contribution >= 0.6 is 0 Å². The molecule has 2 aromatic heterocycles. The van der Waals surface area contributed by atoms with Gasteiger partial charge in [0.2, 0.25) is 5.71 Å². The van der Waals surface area contributed by atoms with Crippen LogP contribution < -0.4 is 10.2 Å². The quantitative estimate of drug-likeness (QED) is 0.710. The van der Waals surface area contributed by atoms with Crippen LogP contribution in [0, 0.1) is 5.82 Å². The molecule has 0 atom stereocenters. The molecule has 3 aromatic rings. The highest BCUT2D eigenvalue weighted by Gasteiger charge is 2.20. The van der Waals surface area contributed by atoms with Crippen LogP contribution in [-0.4, -0.2) is 60.3 Å². The van der Waals surface area contributed by atoms with E-state index >= 15 is 0 Å². The van der Waals surface area contributed by atoms with Gasteiger partial charge in [-0.25, -0.2) is 19.2 Å². The van der Waals surface area contributed by atoms with Crippen molar-refractivity contribution in [3.05, 3.63) is 36.3 Å². The number of amides is 2. The Morgan fingerprint density at radius 1 is 1.10 bits per heavy atom. The number of morpholine rings is 1. The molecule has 0 radical (unpaired) electrons. The summed E-state index contributed by atoms with van der Waals surface area (Å²) in [6, 6.07) is 5.94. The summed E-state index contributed by atoms with van der Waals surface area (Å²) in [6.45, 7) is 4.28. The third-order valence-corrected chi connectivity index (χ3v) is 5.44. The van der Waals surface area contributed by atoms with Crippen molar-refractivity contribution in [2.24, 2.45) is 0 Å². The second-order valence-corrected chi connectivity index (χ2v) is 7.45. The minimum absolute atomic E-state index is 0.173. The van der Waals surface area contributed by atoms with Gasteiger partial charge < -0.3 is 24.3 Å². The van der Waals surface area contributed by atoms with Gasteiger partial charge in [-0.15, -0.1) is 0 Å². The number of anilines is 2. The van der Waals surface area contributed by atoms with Crippen molar-refractivity contribution in [2.45, 2.75) is 12.8 Å². The maximum atomic E-state index is 14.5. The molecule has 1 N–H and O–H groups in total. The Kier molecular flexibility index (Phi) is 4.96. The van der Waals surface area contributed by atoms with Crippen molar-refractivity contribution in [3.8, 4) is 11.3 Å². The summed E-state index contributed by atoms with van der Waals surface area (Å²) in [7, 11) is 0. The average Bonchev–Trinajstić information content (AvgIpc) is 3.45. The van der Waals surface area contributed by atoms with E-state index in [0.29, 0.717) is 35.9 Å². The fraction of sp³-hybridized carbons (Fsp3) is 0.381. The number of fused-ring (bicyclic) bond motifs is 1. The molecule has 2 amide bonds. The molecule has 1 aromatic carbocycles. The molecule has 2 saturated heterocycles. The predicted molar refractivity (Wildman–Crippen MR) is 110 cm³/mol. The molecule has 9 heteroatoms. The monoisotopic (exact) mass is 411 g/mol. The minimum Gasteiger partial charge on any atom is -0.436 e. The highest BCUT2D eigenvalue weighted by atomic mass is 19.1. The molecule has 0 spiro atoms. The topological polar surface area (TPSA) is 83.7 Å². The zero-order valence-corrected chi connectivity index (χ0v) is 16.4. The van der Waals surface area contributed by atoms with Crippen LogP contribution in [0.25, 0.3) is 22.6 Å². The summed E-state index contributed by atoms with van der Waals surface area (Å²) in [6.07, 6.45) is 3.67. The molecule has 156 valence electrons. The Bertz CT molecular complexity index is 1070. The normalized spacial score (nSPS) is 17.0. The Balaban J connectivity index is 1.41. The first-order valence-electron chi connectivity index (χ1n) is 10.1. The SMILES string of the molecule is O=C(Nc1ccc(F)c(-c2cc3nc(N4CCOCC4)cnc3o2)c1)N1CCCC1. The summed E-state index contributed by atoms with van der Waals surface area (Å²) in [5.74, 6) is 0.616. The van der Waals surface area contributed by atoms with Crippen molar-refractivity contribution in [3.63, 3.8) is 0 Å². The molecular weight excluding hydrogens is 389 g/mol. The van der Waals surface area contributed by atoms with Crippen LogP contribution in [0.4, 0.5) is 20.7 Å². The molecule has 0 saturated carbocycles. The van der Waals surface area contributed by atoms with E-state index in [1.165, 1.54) is 6.07 Å². The number of ether oxygens (including phenoxy) is 1. The van der Waals surface area contributed by atoms with Gasteiger partial charge in [-0.1, -0.05) is 0 Å². The zero-order chi connectivity index (χ0) is 20.5. The molecule has 2 fully saturated rings. The molecule has 0 unspecified atom stereocenters. The molecule has 0 bridgehead atoms. The van der Waals surface area contributed by atoms with Crippen molar-refractivity contribution in [2.75, 3.05) is 49.6 Å². The molecular formula is C21H22FN5O3. The fourth-order valence-corrected chi connectivity index (χ4v) is 3.81. The Morgan fingerprint density at radius 3 is 2.70 bits per heavy atom. The van der Waals surface area contributed by atoms with E-state index in [1.807, 2.05) is 0 Å². The van der Waals surface area contributed by atoms with Gasteiger partial charge in [-0.05, 0) is 31.0 Å². The minimum atomic E-state index is -0.443.